The van der Waals surface area contributed by atoms with E-state index in [0.717, 1.165) is 5.56 Å². The Morgan fingerprint density at radius 2 is 2.11 bits per heavy atom. The fourth-order valence-electron chi connectivity index (χ4n) is 1.25. The molecule has 0 spiro atoms. The maximum atomic E-state index is 11.6. The number of hydrogen-bond donors (Lipinski definition) is 3. The first-order valence-corrected chi connectivity index (χ1v) is 5.80. The smallest absolute Gasteiger partial charge is 0.320 e. The third-order valence-corrected chi connectivity index (χ3v) is 2.65. The Morgan fingerprint density at radius 1 is 1.44 bits per heavy atom. The lowest BCUT2D eigenvalue weighted by atomic mass is 10.2. The van der Waals surface area contributed by atoms with Crippen molar-refractivity contribution in [2.45, 2.75) is 19.9 Å². The molecule has 1 unspecified atom stereocenters. The van der Waals surface area contributed by atoms with Crippen LogP contribution in [-0.2, 0) is 9.59 Å². The van der Waals surface area contributed by atoms with Gasteiger partial charge < -0.3 is 10.4 Å². The topological polar surface area (TPSA) is 78.4 Å². The van der Waals surface area contributed by atoms with Crippen LogP contribution in [0.25, 0.3) is 0 Å². The number of carbonyl (C=O) groups excluding carboxylic acids is 1. The number of carboxylic acids is 1. The maximum Gasteiger partial charge on any atom is 0.320 e. The third-order valence-electron chi connectivity index (χ3n) is 2.34. The average Bonchev–Trinajstić information content (AvgIpc) is 2.29. The SMILES string of the molecule is Cc1ccc(NC(=O)CNC(C)C(=O)O)c(Cl)c1. The van der Waals surface area contributed by atoms with Gasteiger partial charge in [0, 0.05) is 0 Å². The summed E-state index contributed by atoms with van der Waals surface area (Å²) < 4.78 is 0. The summed E-state index contributed by atoms with van der Waals surface area (Å²) in [5.41, 5.74) is 1.51. The van der Waals surface area contributed by atoms with Crippen LogP contribution in [0.1, 0.15) is 12.5 Å². The highest BCUT2D eigenvalue weighted by Gasteiger charge is 2.12. The maximum absolute atomic E-state index is 11.6. The Bertz CT molecular complexity index is 463. The monoisotopic (exact) mass is 270 g/mol. The van der Waals surface area contributed by atoms with E-state index in [4.69, 9.17) is 16.7 Å². The Morgan fingerprint density at radius 3 is 2.67 bits per heavy atom. The molecule has 1 amide bonds. The highest BCUT2D eigenvalue weighted by Crippen LogP contribution is 2.22. The number of rotatable bonds is 5. The van der Waals surface area contributed by atoms with E-state index >= 15 is 0 Å². The average molecular weight is 271 g/mol. The molecule has 1 rings (SSSR count). The number of benzene rings is 1. The number of carbonyl (C=O) groups is 2. The predicted octanol–water partition coefficient (Wildman–Crippen LogP) is 1.65. The highest BCUT2D eigenvalue weighted by molar-refractivity contribution is 6.33. The third kappa shape index (κ3) is 4.35. The van der Waals surface area contributed by atoms with Crippen LogP contribution in [0.2, 0.25) is 5.02 Å². The Labute approximate surface area is 110 Å². The van der Waals surface area contributed by atoms with Gasteiger partial charge in [-0.2, -0.15) is 0 Å². The summed E-state index contributed by atoms with van der Waals surface area (Å²) in [5, 5.41) is 14.3. The number of hydrogen-bond acceptors (Lipinski definition) is 3. The molecule has 0 radical (unpaired) electrons. The van der Waals surface area contributed by atoms with Crippen molar-refractivity contribution in [3.05, 3.63) is 28.8 Å². The molecule has 18 heavy (non-hydrogen) atoms. The summed E-state index contributed by atoms with van der Waals surface area (Å²) in [6.07, 6.45) is 0. The van der Waals surface area contributed by atoms with E-state index in [-0.39, 0.29) is 12.5 Å². The van der Waals surface area contributed by atoms with E-state index in [1.54, 1.807) is 12.1 Å². The molecule has 5 nitrogen and oxygen atoms in total. The van der Waals surface area contributed by atoms with Crippen LogP contribution >= 0.6 is 11.6 Å². The summed E-state index contributed by atoms with van der Waals surface area (Å²) in [7, 11) is 0. The van der Waals surface area contributed by atoms with Crippen molar-refractivity contribution >= 4 is 29.2 Å². The van der Waals surface area contributed by atoms with Crippen LogP contribution in [0.15, 0.2) is 18.2 Å². The molecule has 98 valence electrons. The van der Waals surface area contributed by atoms with Crippen molar-refractivity contribution in [1.82, 2.24) is 5.32 Å². The fraction of sp³-hybridized carbons (Fsp3) is 0.333. The molecule has 0 heterocycles. The lowest BCUT2D eigenvalue weighted by Crippen LogP contribution is -2.39. The van der Waals surface area contributed by atoms with E-state index in [1.165, 1.54) is 6.92 Å². The van der Waals surface area contributed by atoms with E-state index < -0.39 is 12.0 Å². The number of aliphatic carboxylic acids is 1. The summed E-state index contributed by atoms with van der Waals surface area (Å²) in [6, 6.07) is 4.50. The Balaban J connectivity index is 2.52. The van der Waals surface area contributed by atoms with Gasteiger partial charge in [0.25, 0.3) is 0 Å². The van der Waals surface area contributed by atoms with Gasteiger partial charge in [-0.1, -0.05) is 17.7 Å². The van der Waals surface area contributed by atoms with Crippen LogP contribution in [0, 0.1) is 6.92 Å². The second-order valence-corrected chi connectivity index (χ2v) is 4.38. The van der Waals surface area contributed by atoms with Gasteiger partial charge in [-0.3, -0.25) is 14.9 Å². The number of carboxylic acid groups (broad SMARTS) is 1. The minimum absolute atomic E-state index is 0.0856. The quantitative estimate of drug-likeness (QED) is 0.760. The number of aryl methyl sites for hydroxylation is 1. The van der Waals surface area contributed by atoms with Gasteiger partial charge in [0.05, 0.1) is 17.3 Å². The predicted molar refractivity (Wildman–Crippen MR) is 69.9 cm³/mol. The van der Waals surface area contributed by atoms with E-state index in [0.29, 0.717) is 10.7 Å². The van der Waals surface area contributed by atoms with Crippen molar-refractivity contribution in [3.8, 4) is 0 Å². The largest absolute Gasteiger partial charge is 0.480 e. The first kappa shape index (κ1) is 14.5. The van der Waals surface area contributed by atoms with E-state index in [9.17, 15) is 9.59 Å². The van der Waals surface area contributed by atoms with Crippen molar-refractivity contribution in [1.29, 1.82) is 0 Å². The molecule has 0 saturated carbocycles. The molecule has 0 saturated heterocycles. The van der Waals surface area contributed by atoms with Gasteiger partial charge in [-0.15, -0.1) is 0 Å². The standard InChI is InChI=1S/C12H15ClN2O3/c1-7-3-4-10(9(13)5-7)15-11(16)6-14-8(2)12(17)18/h3-5,8,14H,6H2,1-2H3,(H,15,16)(H,17,18). The van der Waals surface area contributed by atoms with Gasteiger partial charge in [-0.05, 0) is 31.5 Å². The van der Waals surface area contributed by atoms with Crippen LogP contribution < -0.4 is 10.6 Å². The molecule has 6 heteroatoms. The Hall–Kier alpha value is -1.59. The molecular weight excluding hydrogens is 256 g/mol. The minimum atomic E-state index is -1.00. The van der Waals surface area contributed by atoms with Gasteiger partial charge in [0.1, 0.15) is 6.04 Å². The second kappa shape index (κ2) is 6.37. The number of anilines is 1. The zero-order valence-electron chi connectivity index (χ0n) is 10.2. The normalized spacial score (nSPS) is 11.9. The molecule has 0 aliphatic heterocycles. The van der Waals surface area contributed by atoms with Crippen LogP contribution in [0.4, 0.5) is 5.69 Å². The lowest BCUT2D eigenvalue weighted by molar-refractivity contribution is -0.139. The van der Waals surface area contributed by atoms with E-state index in [1.807, 2.05) is 13.0 Å². The van der Waals surface area contributed by atoms with Gasteiger partial charge in [-0.25, -0.2) is 0 Å². The number of halogens is 1. The molecule has 1 aromatic carbocycles. The fourth-order valence-corrected chi connectivity index (χ4v) is 1.53. The van der Waals surface area contributed by atoms with Crippen LogP contribution in [0.3, 0.4) is 0 Å². The summed E-state index contributed by atoms with van der Waals surface area (Å²) in [5.74, 6) is -1.34. The zero-order valence-corrected chi connectivity index (χ0v) is 10.9. The lowest BCUT2D eigenvalue weighted by Gasteiger charge is -2.10. The van der Waals surface area contributed by atoms with Crippen LogP contribution in [-0.4, -0.2) is 29.6 Å². The highest BCUT2D eigenvalue weighted by atomic mass is 35.5. The molecule has 0 bridgehead atoms. The summed E-state index contributed by atoms with van der Waals surface area (Å²) in [6.45, 7) is 3.28. The Kier molecular flexibility index (Phi) is 5.12. The van der Waals surface area contributed by atoms with Crippen LogP contribution in [0.5, 0.6) is 0 Å². The molecule has 3 N–H and O–H groups in total. The molecule has 0 aromatic heterocycles. The van der Waals surface area contributed by atoms with Gasteiger partial charge in [0.15, 0.2) is 0 Å². The minimum Gasteiger partial charge on any atom is -0.480 e. The summed E-state index contributed by atoms with van der Waals surface area (Å²) in [4.78, 5) is 22.1. The number of amides is 1. The molecule has 0 aliphatic rings. The van der Waals surface area contributed by atoms with Crippen molar-refractivity contribution in [3.63, 3.8) is 0 Å². The molecule has 1 atom stereocenters. The summed E-state index contributed by atoms with van der Waals surface area (Å²) >= 11 is 5.96. The van der Waals surface area contributed by atoms with Gasteiger partial charge >= 0.3 is 5.97 Å². The van der Waals surface area contributed by atoms with E-state index in [2.05, 4.69) is 10.6 Å². The molecule has 1 aromatic rings. The zero-order chi connectivity index (χ0) is 13.7. The molecular formula is C12H15ClN2O3. The molecule has 0 fully saturated rings. The van der Waals surface area contributed by atoms with Crippen molar-refractivity contribution in [2.24, 2.45) is 0 Å². The second-order valence-electron chi connectivity index (χ2n) is 3.97. The number of nitrogens with one attached hydrogen (secondary N) is 2. The van der Waals surface area contributed by atoms with Gasteiger partial charge in [0.2, 0.25) is 5.91 Å². The van der Waals surface area contributed by atoms with Crippen molar-refractivity contribution in [2.75, 3.05) is 11.9 Å². The first-order valence-electron chi connectivity index (χ1n) is 5.42. The first-order chi connectivity index (χ1) is 8.40. The van der Waals surface area contributed by atoms with Crippen molar-refractivity contribution < 1.29 is 14.7 Å². The molecule has 0 aliphatic carbocycles.